The Hall–Kier alpha value is -2.25. The van der Waals surface area contributed by atoms with Gasteiger partial charge in [-0.25, -0.2) is 4.79 Å². The number of ether oxygens (including phenoxy) is 2. The Morgan fingerprint density at radius 3 is 2.86 bits per heavy atom. The lowest BCUT2D eigenvalue weighted by Crippen LogP contribution is -2.55. The van der Waals surface area contributed by atoms with Gasteiger partial charge in [0.15, 0.2) is 0 Å². The Morgan fingerprint density at radius 1 is 1.41 bits per heavy atom. The first-order chi connectivity index (χ1) is 13.9. The minimum Gasteiger partial charge on any atom is -0.463 e. The molecule has 7 nitrogen and oxygen atoms in total. The number of carbonyl (C=O) groups excluding carboxylic acids is 2. The van der Waals surface area contributed by atoms with Crippen LogP contribution in [0.4, 0.5) is 0 Å². The Labute approximate surface area is 172 Å². The minimum absolute atomic E-state index is 0.0777. The quantitative estimate of drug-likeness (QED) is 0.531. The van der Waals surface area contributed by atoms with E-state index in [1.165, 1.54) is 0 Å². The Morgan fingerprint density at radius 2 is 2.21 bits per heavy atom. The van der Waals surface area contributed by atoms with Crippen molar-refractivity contribution in [3.63, 3.8) is 0 Å². The van der Waals surface area contributed by atoms with Crippen LogP contribution in [0.1, 0.15) is 45.1 Å². The molecule has 158 valence electrons. The molecule has 0 aromatic carbocycles. The molecule has 1 aliphatic carbocycles. The van der Waals surface area contributed by atoms with Crippen molar-refractivity contribution in [2.24, 2.45) is 17.1 Å². The van der Waals surface area contributed by atoms with Crippen LogP contribution in [0.2, 0.25) is 0 Å². The minimum atomic E-state index is -0.420. The number of aromatic nitrogens is 1. The van der Waals surface area contributed by atoms with Crippen LogP contribution in [0, 0.1) is 11.3 Å². The number of carbonyl (C=O) groups is 2. The van der Waals surface area contributed by atoms with Crippen LogP contribution in [0.25, 0.3) is 0 Å². The molecule has 2 heterocycles. The van der Waals surface area contributed by atoms with E-state index in [2.05, 4.69) is 24.1 Å². The third-order valence-electron chi connectivity index (χ3n) is 5.63. The van der Waals surface area contributed by atoms with Crippen molar-refractivity contribution in [2.75, 3.05) is 26.4 Å². The smallest absolute Gasteiger partial charge is 0.336 e. The molecule has 3 rings (SSSR count). The summed E-state index contributed by atoms with van der Waals surface area (Å²) in [4.78, 5) is 30.5. The van der Waals surface area contributed by atoms with Crippen LogP contribution in [0.15, 0.2) is 35.8 Å². The van der Waals surface area contributed by atoms with Gasteiger partial charge < -0.3 is 20.5 Å². The highest BCUT2D eigenvalue weighted by Crippen LogP contribution is 2.47. The Bertz CT molecular complexity index is 776. The number of pyridine rings is 1. The second-order valence-corrected chi connectivity index (χ2v) is 8.51. The summed E-state index contributed by atoms with van der Waals surface area (Å²) in [5, 5.41) is 3.46. The van der Waals surface area contributed by atoms with E-state index in [0.717, 1.165) is 12.0 Å². The van der Waals surface area contributed by atoms with Crippen molar-refractivity contribution in [1.29, 1.82) is 0 Å². The molecule has 1 aromatic heterocycles. The summed E-state index contributed by atoms with van der Waals surface area (Å²) in [5.74, 6) is -1.01. The van der Waals surface area contributed by atoms with Gasteiger partial charge in [0.05, 0.1) is 25.4 Å². The standard InChI is InChI=1S/C22H31N3O4/c1-4-29-21(27)20-16(13-28-9-7-23)25-15-10-22(2,3)11-17(26)19(15)18(20)14-6-5-8-24-12-14/h5-6,8,12,15,18-19,25H,4,7,9-11,13,23H2,1-3H3. The summed E-state index contributed by atoms with van der Waals surface area (Å²) in [6.45, 7) is 7.25. The number of esters is 1. The summed E-state index contributed by atoms with van der Waals surface area (Å²) in [5.41, 5.74) is 7.44. The largest absolute Gasteiger partial charge is 0.463 e. The molecule has 1 aromatic rings. The molecule has 1 saturated carbocycles. The summed E-state index contributed by atoms with van der Waals surface area (Å²) in [6.07, 6.45) is 4.74. The van der Waals surface area contributed by atoms with Crippen molar-refractivity contribution >= 4 is 11.8 Å². The first-order valence-electron chi connectivity index (χ1n) is 10.2. The maximum Gasteiger partial charge on any atom is 0.336 e. The van der Waals surface area contributed by atoms with Crippen molar-refractivity contribution in [3.8, 4) is 0 Å². The number of ketones is 1. The van der Waals surface area contributed by atoms with Gasteiger partial charge in [0.25, 0.3) is 0 Å². The summed E-state index contributed by atoms with van der Waals surface area (Å²) in [6, 6.07) is 3.67. The highest BCUT2D eigenvalue weighted by Gasteiger charge is 2.50. The molecule has 3 N–H and O–H groups in total. The third-order valence-corrected chi connectivity index (χ3v) is 5.63. The second-order valence-electron chi connectivity index (χ2n) is 8.51. The van der Waals surface area contributed by atoms with E-state index in [1.807, 2.05) is 12.1 Å². The van der Waals surface area contributed by atoms with Gasteiger partial charge in [-0.05, 0) is 30.4 Å². The van der Waals surface area contributed by atoms with Crippen molar-refractivity contribution in [2.45, 2.75) is 45.6 Å². The highest BCUT2D eigenvalue weighted by atomic mass is 16.5. The van der Waals surface area contributed by atoms with Gasteiger partial charge in [0.1, 0.15) is 5.78 Å². The molecule has 0 bridgehead atoms. The van der Waals surface area contributed by atoms with Gasteiger partial charge >= 0.3 is 5.97 Å². The normalized spacial score (nSPS) is 25.9. The lowest BCUT2D eigenvalue weighted by atomic mass is 9.61. The molecule has 29 heavy (non-hydrogen) atoms. The second kappa shape index (κ2) is 9.05. The Balaban J connectivity index is 2.11. The number of Topliss-reactive ketones (excluding diaryl/α,β-unsaturated/α-hetero) is 1. The molecule has 3 atom stereocenters. The molecular formula is C22H31N3O4. The first kappa shape index (κ1) is 21.5. The molecule has 2 aliphatic rings. The van der Waals surface area contributed by atoms with Crippen LogP contribution >= 0.6 is 0 Å². The molecule has 0 amide bonds. The van der Waals surface area contributed by atoms with Gasteiger partial charge in [0, 0.05) is 48.9 Å². The van der Waals surface area contributed by atoms with Crippen LogP contribution in [-0.4, -0.2) is 49.1 Å². The van der Waals surface area contributed by atoms with E-state index in [0.29, 0.717) is 30.8 Å². The van der Waals surface area contributed by atoms with Gasteiger partial charge in [0.2, 0.25) is 0 Å². The number of hydrogen-bond acceptors (Lipinski definition) is 7. The van der Waals surface area contributed by atoms with Crippen LogP contribution < -0.4 is 11.1 Å². The van der Waals surface area contributed by atoms with Crippen molar-refractivity contribution in [1.82, 2.24) is 10.3 Å². The predicted molar refractivity (Wildman–Crippen MR) is 109 cm³/mol. The summed E-state index contributed by atoms with van der Waals surface area (Å²) >= 11 is 0. The molecule has 0 spiro atoms. The lowest BCUT2D eigenvalue weighted by molar-refractivity contribution is -0.140. The number of nitrogens with two attached hydrogens (primary N) is 1. The number of fused-ring (bicyclic) bond motifs is 1. The average molecular weight is 402 g/mol. The van der Waals surface area contributed by atoms with Gasteiger partial charge in [-0.1, -0.05) is 19.9 Å². The van der Waals surface area contributed by atoms with E-state index >= 15 is 0 Å². The molecule has 3 unspecified atom stereocenters. The van der Waals surface area contributed by atoms with E-state index in [9.17, 15) is 9.59 Å². The van der Waals surface area contributed by atoms with E-state index in [-0.39, 0.29) is 36.4 Å². The maximum absolute atomic E-state index is 13.2. The van der Waals surface area contributed by atoms with Crippen LogP contribution in [0.3, 0.4) is 0 Å². The number of nitrogens with one attached hydrogen (secondary N) is 1. The average Bonchev–Trinajstić information content (AvgIpc) is 2.67. The van der Waals surface area contributed by atoms with E-state index in [1.54, 1.807) is 19.3 Å². The number of nitrogens with zero attached hydrogens (tertiary/aromatic N) is 1. The molecule has 1 aliphatic heterocycles. The summed E-state index contributed by atoms with van der Waals surface area (Å²) < 4.78 is 11.0. The van der Waals surface area contributed by atoms with Crippen LogP contribution in [0.5, 0.6) is 0 Å². The summed E-state index contributed by atoms with van der Waals surface area (Å²) in [7, 11) is 0. The van der Waals surface area contributed by atoms with Crippen molar-refractivity contribution < 1.29 is 19.1 Å². The lowest BCUT2D eigenvalue weighted by Gasteiger charge is -2.47. The maximum atomic E-state index is 13.2. The molecule has 7 heteroatoms. The topological polar surface area (TPSA) is 104 Å². The fourth-order valence-electron chi connectivity index (χ4n) is 4.61. The molecular weight excluding hydrogens is 370 g/mol. The van der Waals surface area contributed by atoms with Gasteiger partial charge in [-0.2, -0.15) is 0 Å². The van der Waals surface area contributed by atoms with Crippen molar-refractivity contribution in [3.05, 3.63) is 41.4 Å². The van der Waals surface area contributed by atoms with E-state index < -0.39 is 11.9 Å². The van der Waals surface area contributed by atoms with Crippen LogP contribution in [-0.2, 0) is 19.1 Å². The fraction of sp³-hybridized carbons (Fsp3) is 0.591. The monoisotopic (exact) mass is 401 g/mol. The predicted octanol–water partition coefficient (Wildman–Crippen LogP) is 1.93. The van der Waals surface area contributed by atoms with Gasteiger partial charge in [-0.15, -0.1) is 0 Å². The zero-order chi connectivity index (χ0) is 21.0. The zero-order valence-corrected chi connectivity index (χ0v) is 17.4. The molecule has 1 fully saturated rings. The fourth-order valence-corrected chi connectivity index (χ4v) is 4.61. The van der Waals surface area contributed by atoms with E-state index in [4.69, 9.17) is 15.2 Å². The molecule has 0 saturated heterocycles. The molecule has 0 radical (unpaired) electrons. The zero-order valence-electron chi connectivity index (χ0n) is 17.4. The highest BCUT2D eigenvalue weighted by molar-refractivity contribution is 5.95. The third kappa shape index (κ3) is 4.67. The Kier molecular flexibility index (Phi) is 6.70. The SMILES string of the molecule is CCOC(=O)C1=C(COCCN)NC2CC(C)(C)CC(=O)C2C1c1cccnc1. The van der Waals surface area contributed by atoms with Gasteiger partial charge in [-0.3, -0.25) is 9.78 Å². The number of rotatable bonds is 7. The first-order valence-corrected chi connectivity index (χ1v) is 10.2. The number of hydrogen-bond donors (Lipinski definition) is 2.